The van der Waals surface area contributed by atoms with E-state index in [0.717, 1.165) is 6.07 Å². The number of benzene rings is 1. The molecular weight excluding hydrogens is 284 g/mol. The van der Waals surface area contributed by atoms with Gasteiger partial charge in [0.25, 0.3) is 0 Å². The first kappa shape index (κ1) is 11.7. The van der Waals surface area contributed by atoms with Gasteiger partial charge in [0.1, 0.15) is 5.75 Å². The molecule has 78 valence electrons. The van der Waals surface area contributed by atoms with Crippen LogP contribution in [0.5, 0.6) is 5.75 Å². The summed E-state index contributed by atoms with van der Waals surface area (Å²) in [6, 6.07) is 3.30. The molecule has 1 aromatic carbocycles. The van der Waals surface area contributed by atoms with Crippen LogP contribution in [0.3, 0.4) is 0 Å². The van der Waals surface area contributed by atoms with Gasteiger partial charge in [-0.25, -0.2) is 0 Å². The molecule has 1 nitrogen and oxygen atoms in total. The van der Waals surface area contributed by atoms with Crippen LogP contribution in [0.4, 0.5) is 13.2 Å². The molecule has 0 saturated heterocycles. The summed E-state index contributed by atoms with van der Waals surface area (Å²) in [5, 5.41) is 0. The maximum Gasteiger partial charge on any atom is 0.420 e. The number of ether oxygens (including phenoxy) is 1. The van der Waals surface area contributed by atoms with Crippen molar-refractivity contribution >= 4 is 27.5 Å². The summed E-state index contributed by atoms with van der Waals surface area (Å²) < 4.78 is 42.2. The first-order valence-corrected chi connectivity index (χ1v) is 4.83. The first-order valence-electron chi connectivity index (χ1n) is 3.50. The third-order valence-electron chi connectivity index (χ3n) is 1.46. The van der Waals surface area contributed by atoms with Crippen molar-refractivity contribution in [1.82, 2.24) is 0 Å². The molecule has 0 aromatic heterocycles. The van der Waals surface area contributed by atoms with Crippen LogP contribution < -0.4 is 4.74 Å². The molecule has 0 atom stereocenters. The Morgan fingerprint density at radius 2 is 2.00 bits per heavy atom. The van der Waals surface area contributed by atoms with Crippen molar-refractivity contribution in [2.45, 2.75) is 6.18 Å². The summed E-state index contributed by atoms with van der Waals surface area (Å²) in [5.41, 5.74) is -0.840. The highest BCUT2D eigenvalue weighted by atomic mass is 79.9. The highest BCUT2D eigenvalue weighted by molar-refractivity contribution is 9.10. The highest BCUT2D eigenvalue weighted by Crippen LogP contribution is 2.37. The average Bonchev–Trinajstić information content (AvgIpc) is 2.07. The lowest BCUT2D eigenvalue weighted by molar-refractivity contribution is -0.138. The fourth-order valence-electron chi connectivity index (χ4n) is 0.908. The van der Waals surface area contributed by atoms with Crippen LogP contribution in [0.2, 0.25) is 0 Å². The van der Waals surface area contributed by atoms with Crippen molar-refractivity contribution in [3.05, 3.63) is 28.2 Å². The van der Waals surface area contributed by atoms with Gasteiger partial charge < -0.3 is 4.74 Å². The molecule has 0 aliphatic carbocycles. The van der Waals surface area contributed by atoms with Crippen molar-refractivity contribution in [3.63, 3.8) is 0 Å². The smallest absolute Gasteiger partial charge is 0.420 e. The zero-order valence-corrected chi connectivity index (χ0v) is 9.08. The van der Waals surface area contributed by atoms with Gasteiger partial charge in [0.15, 0.2) is 6.07 Å². The Morgan fingerprint density at radius 3 is 2.50 bits per heavy atom. The van der Waals surface area contributed by atoms with Gasteiger partial charge in [-0.3, -0.25) is 0 Å². The molecule has 0 N–H and O–H groups in total. The molecule has 0 heterocycles. The van der Waals surface area contributed by atoms with Crippen LogP contribution in [0.25, 0.3) is 0 Å². The van der Waals surface area contributed by atoms with E-state index >= 15 is 0 Å². The van der Waals surface area contributed by atoms with E-state index in [2.05, 4.69) is 20.7 Å². The zero-order chi connectivity index (χ0) is 10.8. The number of rotatable bonds is 2. The normalized spacial score (nSPS) is 11.5. The summed E-state index contributed by atoms with van der Waals surface area (Å²) in [6.07, 6.45) is -4.44. The Morgan fingerprint density at radius 1 is 1.36 bits per heavy atom. The lowest BCUT2D eigenvalue weighted by atomic mass is 10.2. The second kappa shape index (κ2) is 4.40. The first-order chi connectivity index (χ1) is 6.45. The van der Waals surface area contributed by atoms with Crippen LogP contribution in [-0.4, -0.2) is 6.07 Å². The monoisotopic (exact) mass is 288 g/mol. The summed E-state index contributed by atoms with van der Waals surface area (Å²) in [4.78, 5) is 0. The molecular formula is C8H5BrClF3O. The van der Waals surface area contributed by atoms with Gasteiger partial charge in [-0.1, -0.05) is 27.5 Å². The van der Waals surface area contributed by atoms with Gasteiger partial charge in [-0.2, -0.15) is 13.2 Å². The summed E-state index contributed by atoms with van der Waals surface area (Å²) >= 11 is 8.15. The van der Waals surface area contributed by atoms with Gasteiger partial charge in [-0.05, 0) is 18.2 Å². The molecule has 0 fully saturated rings. The van der Waals surface area contributed by atoms with E-state index in [0.29, 0.717) is 4.47 Å². The SMILES string of the molecule is FC(F)(F)c1cc(Br)ccc1OCCl. The van der Waals surface area contributed by atoms with Crippen molar-refractivity contribution < 1.29 is 17.9 Å². The van der Waals surface area contributed by atoms with Crippen molar-refractivity contribution in [1.29, 1.82) is 0 Å². The maximum atomic E-state index is 12.4. The van der Waals surface area contributed by atoms with Crippen LogP contribution in [0, 0.1) is 0 Å². The summed E-state index contributed by atoms with van der Waals surface area (Å²) in [5.74, 6) is -0.268. The largest absolute Gasteiger partial charge is 0.477 e. The predicted octanol–water partition coefficient (Wildman–Crippen LogP) is 4.04. The third-order valence-corrected chi connectivity index (χ3v) is 2.06. The molecule has 6 heteroatoms. The molecule has 0 aliphatic heterocycles. The van der Waals surface area contributed by atoms with Gasteiger partial charge in [0.2, 0.25) is 0 Å². The lowest BCUT2D eigenvalue weighted by Gasteiger charge is -2.12. The number of hydrogen-bond donors (Lipinski definition) is 0. The molecule has 0 bridgehead atoms. The molecule has 0 spiro atoms. The Bertz CT molecular complexity index is 327. The van der Waals surface area contributed by atoms with Crippen molar-refractivity contribution in [2.75, 3.05) is 6.07 Å². The maximum absolute atomic E-state index is 12.4. The molecule has 1 aromatic rings. The van der Waals surface area contributed by atoms with Crippen LogP contribution in [0.1, 0.15) is 5.56 Å². The molecule has 0 saturated carbocycles. The average molecular weight is 289 g/mol. The molecule has 0 aliphatic rings. The van der Waals surface area contributed by atoms with E-state index in [-0.39, 0.29) is 11.8 Å². The quantitative estimate of drug-likeness (QED) is 0.747. The van der Waals surface area contributed by atoms with Crippen LogP contribution >= 0.6 is 27.5 Å². The molecule has 0 unspecified atom stereocenters. The van der Waals surface area contributed by atoms with Gasteiger partial charge in [-0.15, -0.1) is 0 Å². The Balaban J connectivity index is 3.16. The Hall–Kier alpha value is -0.420. The van der Waals surface area contributed by atoms with Crippen molar-refractivity contribution in [2.24, 2.45) is 0 Å². The van der Waals surface area contributed by atoms with E-state index in [1.807, 2.05) is 0 Å². The summed E-state index contributed by atoms with van der Waals surface area (Å²) in [7, 11) is 0. The minimum Gasteiger partial charge on any atom is -0.477 e. The van der Waals surface area contributed by atoms with Gasteiger partial charge >= 0.3 is 6.18 Å². The fraction of sp³-hybridized carbons (Fsp3) is 0.250. The zero-order valence-electron chi connectivity index (χ0n) is 6.74. The molecule has 0 radical (unpaired) electrons. The van der Waals surface area contributed by atoms with E-state index in [1.54, 1.807) is 0 Å². The Kier molecular flexibility index (Phi) is 3.66. The highest BCUT2D eigenvalue weighted by Gasteiger charge is 2.34. The summed E-state index contributed by atoms with van der Waals surface area (Å²) in [6.45, 7) is 0. The second-order valence-electron chi connectivity index (χ2n) is 2.39. The molecule has 14 heavy (non-hydrogen) atoms. The van der Waals surface area contributed by atoms with Gasteiger partial charge in [0, 0.05) is 4.47 Å². The standard InChI is InChI=1S/C8H5BrClF3O/c9-5-1-2-7(14-4-10)6(3-5)8(11,12)13/h1-3H,4H2. The second-order valence-corrected chi connectivity index (χ2v) is 3.53. The van der Waals surface area contributed by atoms with Gasteiger partial charge in [0.05, 0.1) is 5.56 Å². The fourth-order valence-corrected chi connectivity index (χ4v) is 1.39. The molecule has 1 rings (SSSR count). The lowest BCUT2D eigenvalue weighted by Crippen LogP contribution is -2.08. The predicted molar refractivity (Wildman–Crippen MR) is 50.5 cm³/mol. The number of alkyl halides is 4. The third kappa shape index (κ3) is 2.78. The van der Waals surface area contributed by atoms with E-state index in [4.69, 9.17) is 11.6 Å². The number of halogens is 5. The minimum atomic E-state index is -4.44. The topological polar surface area (TPSA) is 9.23 Å². The van der Waals surface area contributed by atoms with E-state index in [9.17, 15) is 13.2 Å². The van der Waals surface area contributed by atoms with E-state index < -0.39 is 11.7 Å². The van der Waals surface area contributed by atoms with Crippen molar-refractivity contribution in [3.8, 4) is 5.75 Å². The Labute approximate surface area is 91.9 Å². The van der Waals surface area contributed by atoms with E-state index in [1.165, 1.54) is 12.1 Å². The van der Waals surface area contributed by atoms with Crippen LogP contribution in [0.15, 0.2) is 22.7 Å². The minimum absolute atomic E-state index is 0.268. The number of hydrogen-bond acceptors (Lipinski definition) is 1. The molecule has 0 amide bonds. The van der Waals surface area contributed by atoms with Crippen LogP contribution in [-0.2, 0) is 6.18 Å².